The molecule has 0 N–H and O–H groups in total. The van der Waals surface area contributed by atoms with Gasteiger partial charge in [0.2, 0.25) is 0 Å². The van der Waals surface area contributed by atoms with Gasteiger partial charge < -0.3 is 9.32 Å². The summed E-state index contributed by atoms with van der Waals surface area (Å²) < 4.78 is 6.77. The number of furan rings is 1. The SMILES string of the molecule is c1ccc(-c2ccc(-c3ccc4oc5cccc(N(c6ccc(-c7ccc8ccccc8c7)cc6)c6cccc7c6-c6ccccc6C7(c6ccccc6)c6ccccc6)c5c4c3)cc2)cc1. The maximum atomic E-state index is 6.77. The summed E-state index contributed by atoms with van der Waals surface area (Å²) in [4.78, 5) is 2.48. The number of anilines is 3. The minimum absolute atomic E-state index is 0.546. The maximum absolute atomic E-state index is 6.77. The summed E-state index contributed by atoms with van der Waals surface area (Å²) in [5.74, 6) is 0. The lowest BCUT2D eigenvalue weighted by Gasteiger charge is -2.34. The molecule has 0 amide bonds. The van der Waals surface area contributed by atoms with E-state index in [1.54, 1.807) is 0 Å². The molecule has 2 nitrogen and oxygen atoms in total. The summed E-state index contributed by atoms with van der Waals surface area (Å²) in [7, 11) is 0. The second-order valence-electron chi connectivity index (χ2n) is 17.6. The number of fused-ring (bicyclic) bond motifs is 7. The minimum atomic E-state index is -0.546. The second kappa shape index (κ2) is 15.8. The zero-order valence-electron chi connectivity index (χ0n) is 36.7. The van der Waals surface area contributed by atoms with Crippen molar-refractivity contribution in [3.63, 3.8) is 0 Å². The van der Waals surface area contributed by atoms with Crippen LogP contribution in [0.15, 0.2) is 265 Å². The van der Waals surface area contributed by atoms with Crippen molar-refractivity contribution in [1.29, 1.82) is 0 Å². The molecule has 1 aromatic heterocycles. The molecule has 0 aliphatic heterocycles. The highest BCUT2D eigenvalue weighted by Gasteiger charge is 2.47. The lowest BCUT2D eigenvalue weighted by atomic mass is 9.68. The number of benzene rings is 11. The fourth-order valence-electron chi connectivity index (χ4n) is 10.9. The van der Waals surface area contributed by atoms with Crippen LogP contribution in [0, 0.1) is 0 Å². The van der Waals surface area contributed by atoms with E-state index in [-0.39, 0.29) is 0 Å². The van der Waals surface area contributed by atoms with Gasteiger partial charge in [-0.25, -0.2) is 0 Å². The molecular weight excluding hydrogens is 811 g/mol. The van der Waals surface area contributed by atoms with Crippen LogP contribution in [-0.4, -0.2) is 0 Å². The van der Waals surface area contributed by atoms with Crippen molar-refractivity contribution >= 4 is 49.8 Å². The largest absolute Gasteiger partial charge is 0.456 e. The van der Waals surface area contributed by atoms with Crippen LogP contribution in [0.3, 0.4) is 0 Å². The summed E-state index contributed by atoms with van der Waals surface area (Å²) >= 11 is 0. The van der Waals surface area contributed by atoms with E-state index >= 15 is 0 Å². The molecule has 0 saturated heterocycles. The van der Waals surface area contributed by atoms with Crippen LogP contribution < -0.4 is 4.90 Å². The van der Waals surface area contributed by atoms with E-state index in [0.717, 1.165) is 50.1 Å². The highest BCUT2D eigenvalue weighted by molar-refractivity contribution is 6.15. The third-order valence-corrected chi connectivity index (χ3v) is 13.9. The van der Waals surface area contributed by atoms with Gasteiger partial charge in [-0.15, -0.1) is 0 Å². The zero-order valence-corrected chi connectivity index (χ0v) is 36.7. The highest BCUT2D eigenvalue weighted by Crippen LogP contribution is 2.60. The van der Waals surface area contributed by atoms with Crippen LogP contribution in [-0.2, 0) is 5.41 Å². The van der Waals surface area contributed by atoms with E-state index in [1.165, 1.54) is 66.4 Å². The molecule has 1 aliphatic carbocycles. The van der Waals surface area contributed by atoms with E-state index in [4.69, 9.17) is 4.42 Å². The number of hydrogen-bond acceptors (Lipinski definition) is 2. The van der Waals surface area contributed by atoms with Gasteiger partial charge in [-0.1, -0.05) is 212 Å². The molecule has 13 rings (SSSR count). The summed E-state index contributed by atoms with van der Waals surface area (Å²) in [6.07, 6.45) is 0. The van der Waals surface area contributed by atoms with Crippen LogP contribution in [0.4, 0.5) is 17.1 Å². The van der Waals surface area contributed by atoms with Crippen LogP contribution >= 0.6 is 0 Å². The van der Waals surface area contributed by atoms with E-state index in [9.17, 15) is 0 Å². The Kier molecular flexibility index (Phi) is 9.11. The summed E-state index contributed by atoms with van der Waals surface area (Å²) in [5, 5.41) is 4.61. The Bertz CT molecular complexity index is 3740. The fraction of sp³-hybridized carbons (Fsp3) is 0.0154. The minimum Gasteiger partial charge on any atom is -0.456 e. The van der Waals surface area contributed by atoms with E-state index in [0.29, 0.717) is 0 Å². The van der Waals surface area contributed by atoms with E-state index < -0.39 is 5.41 Å². The van der Waals surface area contributed by atoms with Crippen molar-refractivity contribution in [3.8, 4) is 44.5 Å². The van der Waals surface area contributed by atoms with Crippen molar-refractivity contribution in [2.24, 2.45) is 0 Å². The summed E-state index contributed by atoms with van der Waals surface area (Å²) in [5.41, 5.74) is 18.9. The van der Waals surface area contributed by atoms with Crippen LogP contribution in [0.25, 0.3) is 77.2 Å². The Balaban J connectivity index is 1.05. The fourth-order valence-corrected chi connectivity index (χ4v) is 10.9. The first-order valence-corrected chi connectivity index (χ1v) is 23.1. The Morgan fingerprint density at radius 2 is 0.851 bits per heavy atom. The van der Waals surface area contributed by atoms with Gasteiger partial charge in [-0.2, -0.15) is 0 Å². The molecule has 2 heteroatoms. The van der Waals surface area contributed by atoms with Gasteiger partial charge in [0.15, 0.2) is 0 Å². The first-order chi connectivity index (χ1) is 33.2. The van der Waals surface area contributed by atoms with Gasteiger partial charge in [0.25, 0.3) is 0 Å². The zero-order chi connectivity index (χ0) is 44.3. The molecule has 0 fully saturated rings. The average molecular weight is 854 g/mol. The molecule has 0 spiro atoms. The van der Waals surface area contributed by atoms with Crippen molar-refractivity contribution in [2.75, 3.05) is 4.90 Å². The molecule has 0 atom stereocenters. The van der Waals surface area contributed by atoms with Gasteiger partial charge in [0.05, 0.1) is 22.2 Å². The van der Waals surface area contributed by atoms with Gasteiger partial charge >= 0.3 is 0 Å². The third-order valence-electron chi connectivity index (χ3n) is 13.9. The molecule has 12 aromatic rings. The standard InChI is InChI=1S/C65H43NO/c1-4-16-44(17-5-1)46-30-32-47(33-31-46)51-38-41-61-56(43-51)64-60(28-15-29-62(64)67-61)66(54-39-36-48(37-40-54)50-35-34-45-18-10-11-19-49(45)42-50)59-27-14-26-58-63(59)55-24-12-13-25-57(55)65(58,52-20-6-2-7-21-52)53-22-8-3-9-23-53/h1-43H. The normalized spacial score (nSPS) is 12.6. The van der Waals surface area contributed by atoms with Crippen LogP contribution in [0.5, 0.6) is 0 Å². The molecule has 0 unspecified atom stereocenters. The van der Waals surface area contributed by atoms with Gasteiger partial charge in [-0.3, -0.25) is 0 Å². The predicted octanol–water partition coefficient (Wildman–Crippen LogP) is 17.6. The van der Waals surface area contributed by atoms with Gasteiger partial charge in [0, 0.05) is 16.6 Å². The Labute approximate surface area is 390 Å². The average Bonchev–Trinajstić information content (AvgIpc) is 3.94. The Hall–Kier alpha value is -8.72. The predicted molar refractivity (Wildman–Crippen MR) is 280 cm³/mol. The molecule has 0 saturated carbocycles. The van der Waals surface area contributed by atoms with Crippen molar-refractivity contribution in [2.45, 2.75) is 5.41 Å². The highest BCUT2D eigenvalue weighted by atomic mass is 16.3. The van der Waals surface area contributed by atoms with Gasteiger partial charge in [0.1, 0.15) is 11.2 Å². The number of rotatable bonds is 8. The van der Waals surface area contributed by atoms with Crippen LogP contribution in [0.2, 0.25) is 0 Å². The molecule has 11 aromatic carbocycles. The van der Waals surface area contributed by atoms with Crippen molar-refractivity contribution < 1.29 is 4.42 Å². The summed E-state index contributed by atoms with van der Waals surface area (Å²) in [6, 6.07) is 95.0. The molecule has 1 aliphatic rings. The lowest BCUT2D eigenvalue weighted by Crippen LogP contribution is -2.28. The molecule has 67 heavy (non-hydrogen) atoms. The van der Waals surface area contributed by atoms with Crippen molar-refractivity contribution in [3.05, 3.63) is 283 Å². The first-order valence-electron chi connectivity index (χ1n) is 23.1. The van der Waals surface area contributed by atoms with Gasteiger partial charge in [-0.05, 0) is 121 Å². The Morgan fingerprint density at radius 1 is 0.328 bits per heavy atom. The molecule has 0 radical (unpaired) electrons. The number of nitrogens with zero attached hydrogens (tertiary/aromatic N) is 1. The molecule has 0 bridgehead atoms. The number of hydrogen-bond donors (Lipinski definition) is 0. The maximum Gasteiger partial charge on any atom is 0.137 e. The first kappa shape index (κ1) is 38.7. The topological polar surface area (TPSA) is 16.4 Å². The van der Waals surface area contributed by atoms with E-state index in [2.05, 4.69) is 266 Å². The monoisotopic (exact) mass is 853 g/mol. The lowest BCUT2D eigenvalue weighted by molar-refractivity contribution is 0.669. The molecule has 1 heterocycles. The Morgan fingerprint density at radius 3 is 1.58 bits per heavy atom. The molecule has 314 valence electrons. The second-order valence-corrected chi connectivity index (χ2v) is 17.6. The summed E-state index contributed by atoms with van der Waals surface area (Å²) in [6.45, 7) is 0. The third kappa shape index (κ3) is 6.26. The van der Waals surface area contributed by atoms with E-state index in [1.807, 2.05) is 0 Å². The smallest absolute Gasteiger partial charge is 0.137 e. The van der Waals surface area contributed by atoms with Crippen LogP contribution in [0.1, 0.15) is 22.3 Å². The van der Waals surface area contributed by atoms with Crippen molar-refractivity contribution in [1.82, 2.24) is 0 Å². The molecular formula is C65H43NO. The quantitative estimate of drug-likeness (QED) is 0.151.